The summed E-state index contributed by atoms with van der Waals surface area (Å²) in [5.74, 6) is 0.642. The van der Waals surface area contributed by atoms with E-state index in [0.717, 1.165) is 5.69 Å². The number of nitrogens with zero attached hydrogens (tertiary/aromatic N) is 2. The molecule has 1 aliphatic carbocycles. The van der Waals surface area contributed by atoms with Gasteiger partial charge >= 0.3 is 0 Å². The molecular weight excluding hydrogens is 264 g/mol. The van der Waals surface area contributed by atoms with Gasteiger partial charge in [0.25, 0.3) is 0 Å². The Morgan fingerprint density at radius 3 is 2.94 bits per heavy atom. The Balaban J connectivity index is 2.16. The van der Waals surface area contributed by atoms with Gasteiger partial charge in [-0.2, -0.15) is 11.8 Å². The van der Waals surface area contributed by atoms with Crippen molar-refractivity contribution in [2.24, 2.45) is 5.73 Å². The molecule has 1 fully saturated rings. The second kappa shape index (κ2) is 5.84. The fraction of sp³-hybridized carbons (Fsp3) is 0.583. The number of aromatic nitrogens is 2. The lowest BCUT2D eigenvalue weighted by Gasteiger charge is -2.19. The summed E-state index contributed by atoms with van der Waals surface area (Å²) < 4.78 is 0. The molecule has 0 radical (unpaired) electrons. The van der Waals surface area contributed by atoms with Crippen molar-refractivity contribution in [3.63, 3.8) is 0 Å². The maximum Gasteiger partial charge on any atom is 0.223 e. The van der Waals surface area contributed by atoms with Crippen LogP contribution in [0.1, 0.15) is 30.7 Å². The van der Waals surface area contributed by atoms with E-state index < -0.39 is 0 Å². The van der Waals surface area contributed by atoms with E-state index in [-0.39, 0.29) is 0 Å². The molecule has 1 heterocycles. The minimum atomic E-state index is 0.316. The first-order valence-corrected chi connectivity index (χ1v) is 7.74. The van der Waals surface area contributed by atoms with Gasteiger partial charge in [0, 0.05) is 17.0 Å². The Hall–Kier alpha value is -0.880. The highest BCUT2D eigenvalue weighted by molar-refractivity contribution is 7.99. The van der Waals surface area contributed by atoms with Gasteiger partial charge in [-0.25, -0.2) is 9.97 Å². The summed E-state index contributed by atoms with van der Waals surface area (Å²) in [6.07, 6.45) is 5.84. The number of thioether (sulfide) groups is 1. The van der Waals surface area contributed by atoms with Crippen LogP contribution in [-0.2, 0) is 0 Å². The van der Waals surface area contributed by atoms with Crippen molar-refractivity contribution >= 4 is 34.9 Å². The van der Waals surface area contributed by atoms with Crippen molar-refractivity contribution in [2.45, 2.75) is 37.5 Å². The van der Waals surface area contributed by atoms with Gasteiger partial charge in [-0.3, -0.25) is 0 Å². The average Bonchev–Trinajstić information content (AvgIpc) is 2.75. The van der Waals surface area contributed by atoms with E-state index >= 15 is 0 Å². The van der Waals surface area contributed by atoms with Gasteiger partial charge in [-0.1, -0.05) is 18.6 Å². The number of thiocarbonyl (C=S) groups is 1. The van der Waals surface area contributed by atoms with Crippen LogP contribution >= 0.6 is 24.0 Å². The molecule has 0 spiro atoms. The Kier molecular flexibility index (Phi) is 4.40. The van der Waals surface area contributed by atoms with E-state index in [0.29, 0.717) is 27.9 Å². The summed E-state index contributed by atoms with van der Waals surface area (Å²) in [7, 11) is 0. The predicted octanol–water partition coefficient (Wildman–Crippen LogP) is 2.12. The molecule has 2 unspecified atom stereocenters. The largest absolute Gasteiger partial charge is 0.388 e. The lowest BCUT2D eigenvalue weighted by atomic mass is 10.2. The molecule has 0 aromatic carbocycles. The lowest BCUT2D eigenvalue weighted by Crippen LogP contribution is -2.27. The van der Waals surface area contributed by atoms with E-state index in [2.05, 4.69) is 21.5 Å². The Labute approximate surface area is 117 Å². The summed E-state index contributed by atoms with van der Waals surface area (Å²) in [6, 6.07) is 2.26. The van der Waals surface area contributed by atoms with Crippen LogP contribution in [-0.4, -0.2) is 32.5 Å². The van der Waals surface area contributed by atoms with Gasteiger partial charge in [0.15, 0.2) is 0 Å². The molecule has 2 rings (SSSR count). The van der Waals surface area contributed by atoms with Gasteiger partial charge in [-0.05, 0) is 32.1 Å². The van der Waals surface area contributed by atoms with E-state index in [1.54, 1.807) is 0 Å². The van der Waals surface area contributed by atoms with Crippen molar-refractivity contribution in [1.82, 2.24) is 9.97 Å². The van der Waals surface area contributed by atoms with E-state index in [1.807, 2.05) is 24.8 Å². The molecule has 1 aliphatic rings. The standard InChI is InChI=1S/C12H18N4S2/c1-7-6-9(11(13)17)16-12(14-7)15-8-4-3-5-10(8)18-2/h6,8,10H,3-5H2,1-2H3,(H2,13,17)(H,14,15,16). The van der Waals surface area contributed by atoms with Crippen LogP contribution in [0.5, 0.6) is 0 Å². The van der Waals surface area contributed by atoms with Gasteiger partial charge in [0.05, 0.1) is 0 Å². The molecule has 1 saturated carbocycles. The molecule has 18 heavy (non-hydrogen) atoms. The smallest absolute Gasteiger partial charge is 0.223 e. The number of hydrogen-bond donors (Lipinski definition) is 2. The number of rotatable bonds is 4. The first kappa shape index (κ1) is 13.5. The van der Waals surface area contributed by atoms with Crippen molar-refractivity contribution in [3.05, 3.63) is 17.5 Å². The molecule has 1 aromatic heterocycles. The van der Waals surface area contributed by atoms with E-state index in [9.17, 15) is 0 Å². The molecule has 4 nitrogen and oxygen atoms in total. The van der Waals surface area contributed by atoms with Gasteiger partial charge in [0.2, 0.25) is 5.95 Å². The molecule has 6 heteroatoms. The van der Waals surface area contributed by atoms with Gasteiger partial charge in [0.1, 0.15) is 10.7 Å². The third-order valence-electron chi connectivity index (χ3n) is 3.18. The first-order valence-electron chi connectivity index (χ1n) is 6.05. The van der Waals surface area contributed by atoms with Crippen LogP contribution in [0.2, 0.25) is 0 Å². The number of anilines is 1. The first-order chi connectivity index (χ1) is 8.60. The average molecular weight is 282 g/mol. The van der Waals surface area contributed by atoms with E-state index in [4.69, 9.17) is 18.0 Å². The Bertz CT molecular complexity index is 450. The Morgan fingerprint density at radius 1 is 1.50 bits per heavy atom. The maximum atomic E-state index is 5.62. The van der Waals surface area contributed by atoms with Gasteiger partial charge < -0.3 is 11.1 Å². The van der Waals surface area contributed by atoms with Crippen LogP contribution in [0.15, 0.2) is 6.07 Å². The van der Waals surface area contributed by atoms with Crippen LogP contribution < -0.4 is 11.1 Å². The lowest BCUT2D eigenvalue weighted by molar-refractivity contribution is 0.755. The highest BCUT2D eigenvalue weighted by Crippen LogP contribution is 2.30. The zero-order chi connectivity index (χ0) is 13.1. The topological polar surface area (TPSA) is 63.8 Å². The van der Waals surface area contributed by atoms with Crippen molar-refractivity contribution in [1.29, 1.82) is 0 Å². The molecule has 1 aromatic rings. The number of nitrogens with two attached hydrogens (primary N) is 1. The highest BCUT2D eigenvalue weighted by Gasteiger charge is 2.27. The molecule has 0 saturated heterocycles. The summed E-state index contributed by atoms with van der Waals surface area (Å²) in [6.45, 7) is 1.93. The fourth-order valence-corrected chi connectivity index (χ4v) is 3.34. The molecule has 2 atom stereocenters. The highest BCUT2D eigenvalue weighted by atomic mass is 32.2. The molecule has 3 N–H and O–H groups in total. The third-order valence-corrected chi connectivity index (χ3v) is 4.56. The second-order valence-corrected chi connectivity index (χ2v) is 6.06. The van der Waals surface area contributed by atoms with Crippen molar-refractivity contribution in [3.8, 4) is 0 Å². The Morgan fingerprint density at radius 2 is 2.28 bits per heavy atom. The molecule has 0 aliphatic heterocycles. The molecular formula is C12H18N4S2. The zero-order valence-corrected chi connectivity index (χ0v) is 12.3. The zero-order valence-electron chi connectivity index (χ0n) is 10.6. The predicted molar refractivity (Wildman–Crippen MR) is 81.2 cm³/mol. The van der Waals surface area contributed by atoms with Crippen LogP contribution in [0.4, 0.5) is 5.95 Å². The summed E-state index contributed by atoms with van der Waals surface area (Å²) in [5, 5.41) is 4.06. The summed E-state index contributed by atoms with van der Waals surface area (Å²) in [5.41, 5.74) is 7.14. The number of nitrogens with one attached hydrogen (secondary N) is 1. The van der Waals surface area contributed by atoms with Crippen molar-refractivity contribution < 1.29 is 0 Å². The molecule has 0 bridgehead atoms. The van der Waals surface area contributed by atoms with Crippen LogP contribution in [0.3, 0.4) is 0 Å². The van der Waals surface area contributed by atoms with E-state index in [1.165, 1.54) is 19.3 Å². The summed E-state index contributed by atoms with van der Waals surface area (Å²) >= 11 is 6.87. The van der Waals surface area contributed by atoms with Crippen LogP contribution in [0.25, 0.3) is 0 Å². The quantitative estimate of drug-likeness (QED) is 0.825. The monoisotopic (exact) mass is 282 g/mol. The minimum Gasteiger partial charge on any atom is -0.388 e. The maximum absolute atomic E-state index is 5.62. The molecule has 0 amide bonds. The SMILES string of the molecule is CSC1CCCC1Nc1nc(C)cc(C(N)=S)n1. The van der Waals surface area contributed by atoms with Crippen LogP contribution in [0, 0.1) is 6.92 Å². The summed E-state index contributed by atoms with van der Waals surface area (Å²) in [4.78, 5) is 9.09. The third kappa shape index (κ3) is 3.11. The second-order valence-electron chi connectivity index (χ2n) is 4.54. The minimum absolute atomic E-state index is 0.316. The van der Waals surface area contributed by atoms with Gasteiger partial charge in [-0.15, -0.1) is 0 Å². The normalized spacial score (nSPS) is 23.0. The number of aryl methyl sites for hydroxylation is 1. The molecule has 98 valence electrons. The number of hydrogen-bond acceptors (Lipinski definition) is 5. The fourth-order valence-electron chi connectivity index (χ4n) is 2.30. The van der Waals surface area contributed by atoms with Crippen molar-refractivity contribution in [2.75, 3.05) is 11.6 Å².